The van der Waals surface area contributed by atoms with Gasteiger partial charge in [0, 0.05) is 0 Å². The molecule has 0 saturated heterocycles. The van der Waals surface area contributed by atoms with E-state index < -0.39 is 0 Å². The summed E-state index contributed by atoms with van der Waals surface area (Å²) in [4.78, 5) is 0. The van der Waals surface area contributed by atoms with Crippen LogP contribution in [0.5, 0.6) is 0 Å². The smallest absolute Gasteiger partial charge is 0.0233 e. The first-order chi connectivity index (χ1) is 11.3. The number of unbranched alkanes of at least 4 members (excludes halogenated alkanes) is 1. The van der Waals surface area contributed by atoms with Crippen molar-refractivity contribution in [2.75, 3.05) is 0 Å². The second-order valence-corrected chi connectivity index (χ2v) is 8.19. The normalized spacial score (nSPS) is 32.8. The minimum absolute atomic E-state index is 0.891. The maximum Gasteiger partial charge on any atom is -0.0233 e. The van der Waals surface area contributed by atoms with Crippen LogP contribution in [0, 0.1) is 23.7 Å². The average Bonchev–Trinajstić information content (AvgIpc) is 2.61. The van der Waals surface area contributed by atoms with Gasteiger partial charge in [0.1, 0.15) is 0 Å². The third-order valence-electron chi connectivity index (χ3n) is 6.37. The third kappa shape index (κ3) is 7.27. The lowest BCUT2D eigenvalue weighted by molar-refractivity contribution is 0.295. The van der Waals surface area contributed by atoms with Crippen LogP contribution in [0.15, 0.2) is 24.3 Å². The molecule has 0 heterocycles. The van der Waals surface area contributed by atoms with Crippen LogP contribution in [0.4, 0.5) is 0 Å². The maximum atomic E-state index is 2.56. The van der Waals surface area contributed by atoms with Gasteiger partial charge in [-0.1, -0.05) is 51.0 Å². The zero-order chi connectivity index (χ0) is 16.3. The molecule has 0 aromatic rings. The molecule has 0 aliphatic heterocycles. The SMILES string of the molecule is CCC/C=C/C1CCC(CC/C=C/C2CCC(CC)CC2)CC1. The predicted octanol–water partition coefficient (Wildman–Crippen LogP) is 7.70. The lowest BCUT2D eigenvalue weighted by atomic mass is 9.79. The molecule has 2 rings (SSSR count). The Kier molecular flexibility index (Phi) is 9.09. The van der Waals surface area contributed by atoms with E-state index >= 15 is 0 Å². The number of hydrogen-bond acceptors (Lipinski definition) is 0. The molecule has 0 spiro atoms. The van der Waals surface area contributed by atoms with Crippen LogP contribution >= 0.6 is 0 Å². The highest BCUT2D eigenvalue weighted by Crippen LogP contribution is 2.33. The Morgan fingerprint density at radius 1 is 0.652 bits per heavy atom. The predicted molar refractivity (Wildman–Crippen MR) is 104 cm³/mol. The van der Waals surface area contributed by atoms with E-state index in [1.807, 2.05) is 0 Å². The quantitative estimate of drug-likeness (QED) is 0.402. The summed E-state index contributed by atoms with van der Waals surface area (Å²) in [5, 5.41) is 0. The summed E-state index contributed by atoms with van der Waals surface area (Å²) < 4.78 is 0. The van der Waals surface area contributed by atoms with Crippen LogP contribution in [-0.4, -0.2) is 0 Å². The lowest BCUT2D eigenvalue weighted by Gasteiger charge is -2.27. The average molecular weight is 317 g/mol. The number of allylic oxidation sites excluding steroid dienone is 4. The molecule has 0 aromatic heterocycles. The van der Waals surface area contributed by atoms with Gasteiger partial charge < -0.3 is 0 Å². The Hall–Kier alpha value is -0.520. The van der Waals surface area contributed by atoms with E-state index in [1.165, 1.54) is 83.5 Å². The lowest BCUT2D eigenvalue weighted by Crippen LogP contribution is -2.13. The summed E-state index contributed by atoms with van der Waals surface area (Å²) in [7, 11) is 0. The van der Waals surface area contributed by atoms with E-state index in [-0.39, 0.29) is 0 Å². The Morgan fingerprint density at radius 3 is 1.70 bits per heavy atom. The van der Waals surface area contributed by atoms with Crippen LogP contribution in [0.25, 0.3) is 0 Å². The van der Waals surface area contributed by atoms with Gasteiger partial charge in [0.2, 0.25) is 0 Å². The third-order valence-corrected chi connectivity index (χ3v) is 6.37. The topological polar surface area (TPSA) is 0 Å². The molecule has 0 N–H and O–H groups in total. The highest BCUT2D eigenvalue weighted by atomic mass is 14.2. The summed E-state index contributed by atoms with van der Waals surface area (Å²) in [5.41, 5.74) is 0. The van der Waals surface area contributed by atoms with Crippen molar-refractivity contribution in [2.24, 2.45) is 23.7 Å². The molecule has 0 amide bonds. The van der Waals surface area contributed by atoms with Gasteiger partial charge >= 0.3 is 0 Å². The first kappa shape index (κ1) is 18.8. The van der Waals surface area contributed by atoms with Crippen molar-refractivity contribution < 1.29 is 0 Å². The molecular formula is C23H40. The monoisotopic (exact) mass is 316 g/mol. The van der Waals surface area contributed by atoms with E-state index in [0.717, 1.165) is 23.7 Å². The van der Waals surface area contributed by atoms with E-state index in [2.05, 4.69) is 38.2 Å². The first-order valence-electron chi connectivity index (χ1n) is 10.6. The fraction of sp³-hybridized carbons (Fsp3) is 0.826. The molecule has 0 unspecified atom stereocenters. The Labute approximate surface area is 145 Å². The molecule has 0 aromatic carbocycles. The Bertz CT molecular complexity index is 335. The summed E-state index contributed by atoms with van der Waals surface area (Å²) >= 11 is 0. The second kappa shape index (κ2) is 11.1. The fourth-order valence-electron chi connectivity index (χ4n) is 4.53. The van der Waals surface area contributed by atoms with Crippen molar-refractivity contribution in [2.45, 2.75) is 97.3 Å². The Balaban J connectivity index is 1.54. The second-order valence-electron chi connectivity index (χ2n) is 8.19. The standard InChI is InChI=1S/C23H40/c1-3-5-6-9-21-16-18-23(19-17-21)11-8-7-10-22-14-12-20(4-2)13-15-22/h6-7,9-10,20-23H,3-5,8,11-19H2,1-2H3/b9-6+,10-7+. The van der Waals surface area contributed by atoms with Gasteiger partial charge in [-0.2, -0.15) is 0 Å². The van der Waals surface area contributed by atoms with Crippen molar-refractivity contribution in [1.82, 2.24) is 0 Å². The zero-order valence-electron chi connectivity index (χ0n) is 15.8. The van der Waals surface area contributed by atoms with Gasteiger partial charge in [0.05, 0.1) is 0 Å². The van der Waals surface area contributed by atoms with Crippen LogP contribution in [0.2, 0.25) is 0 Å². The van der Waals surface area contributed by atoms with Gasteiger partial charge in [-0.05, 0) is 94.3 Å². The van der Waals surface area contributed by atoms with Crippen molar-refractivity contribution in [1.29, 1.82) is 0 Å². The Morgan fingerprint density at radius 2 is 1.17 bits per heavy atom. The van der Waals surface area contributed by atoms with Crippen LogP contribution in [0.1, 0.15) is 97.3 Å². The maximum absolute atomic E-state index is 2.56. The molecule has 0 radical (unpaired) electrons. The molecule has 2 aliphatic carbocycles. The molecule has 0 nitrogen and oxygen atoms in total. The minimum Gasteiger partial charge on any atom is -0.0883 e. The molecule has 2 fully saturated rings. The van der Waals surface area contributed by atoms with Crippen LogP contribution in [-0.2, 0) is 0 Å². The van der Waals surface area contributed by atoms with Gasteiger partial charge in [-0.15, -0.1) is 0 Å². The fourth-order valence-corrected chi connectivity index (χ4v) is 4.53. The van der Waals surface area contributed by atoms with E-state index in [1.54, 1.807) is 0 Å². The summed E-state index contributed by atoms with van der Waals surface area (Å²) in [6.45, 7) is 4.62. The highest BCUT2D eigenvalue weighted by molar-refractivity contribution is 4.93. The molecule has 132 valence electrons. The summed E-state index contributed by atoms with van der Waals surface area (Å²) in [6.07, 6.45) is 28.4. The zero-order valence-corrected chi connectivity index (χ0v) is 15.8. The van der Waals surface area contributed by atoms with Gasteiger partial charge in [-0.25, -0.2) is 0 Å². The molecule has 0 bridgehead atoms. The summed E-state index contributed by atoms with van der Waals surface area (Å²) in [6, 6.07) is 0. The van der Waals surface area contributed by atoms with Crippen molar-refractivity contribution in [3.63, 3.8) is 0 Å². The van der Waals surface area contributed by atoms with E-state index in [0.29, 0.717) is 0 Å². The van der Waals surface area contributed by atoms with Crippen molar-refractivity contribution >= 4 is 0 Å². The number of hydrogen-bond donors (Lipinski definition) is 0. The van der Waals surface area contributed by atoms with E-state index in [4.69, 9.17) is 0 Å². The largest absolute Gasteiger partial charge is 0.0883 e. The van der Waals surface area contributed by atoms with Gasteiger partial charge in [0.15, 0.2) is 0 Å². The summed E-state index contributed by atoms with van der Waals surface area (Å²) in [5.74, 6) is 3.83. The minimum atomic E-state index is 0.891. The molecule has 0 heteroatoms. The molecule has 2 saturated carbocycles. The van der Waals surface area contributed by atoms with Crippen LogP contribution < -0.4 is 0 Å². The van der Waals surface area contributed by atoms with Crippen molar-refractivity contribution in [3.05, 3.63) is 24.3 Å². The first-order valence-corrected chi connectivity index (χ1v) is 10.6. The molecule has 23 heavy (non-hydrogen) atoms. The molecule has 0 atom stereocenters. The van der Waals surface area contributed by atoms with Crippen LogP contribution in [0.3, 0.4) is 0 Å². The molecular weight excluding hydrogens is 276 g/mol. The van der Waals surface area contributed by atoms with Gasteiger partial charge in [0.25, 0.3) is 0 Å². The number of rotatable bonds is 8. The highest BCUT2D eigenvalue weighted by Gasteiger charge is 2.19. The molecule has 2 aliphatic rings. The van der Waals surface area contributed by atoms with Crippen molar-refractivity contribution in [3.8, 4) is 0 Å². The van der Waals surface area contributed by atoms with Gasteiger partial charge in [-0.3, -0.25) is 0 Å². The van der Waals surface area contributed by atoms with E-state index in [9.17, 15) is 0 Å².